The van der Waals surface area contributed by atoms with E-state index in [-0.39, 0.29) is 5.41 Å². The summed E-state index contributed by atoms with van der Waals surface area (Å²) in [6.07, 6.45) is 1.08. The van der Waals surface area contributed by atoms with Crippen molar-refractivity contribution in [2.24, 2.45) is 11.1 Å². The average Bonchev–Trinajstić information content (AvgIpc) is 2.14. The van der Waals surface area contributed by atoms with Crippen LogP contribution in [0.4, 0.5) is 0 Å². The molecule has 1 aliphatic carbocycles. The third-order valence-corrected chi connectivity index (χ3v) is 3.83. The fraction of sp³-hybridized carbons (Fsp3) is 0.500. The van der Waals surface area contributed by atoms with Crippen molar-refractivity contribution in [2.45, 2.75) is 32.2 Å². The maximum atomic E-state index is 5.99. The van der Waals surface area contributed by atoms with Crippen molar-refractivity contribution in [2.75, 3.05) is 0 Å². The van der Waals surface area contributed by atoms with Crippen LogP contribution in [0, 0.1) is 5.41 Å². The molecule has 0 aromatic heterocycles. The van der Waals surface area contributed by atoms with Gasteiger partial charge in [-0.1, -0.05) is 37.6 Å². The molecule has 1 fully saturated rings. The average molecular weight is 210 g/mol. The van der Waals surface area contributed by atoms with E-state index in [1.165, 1.54) is 5.56 Å². The molecule has 1 nitrogen and oxygen atoms in total. The molecule has 1 aliphatic rings. The largest absolute Gasteiger partial charge is 0.327 e. The topological polar surface area (TPSA) is 26.0 Å². The zero-order valence-corrected chi connectivity index (χ0v) is 9.38. The lowest BCUT2D eigenvalue weighted by Crippen LogP contribution is -2.52. The molecule has 1 aromatic rings. The summed E-state index contributed by atoms with van der Waals surface area (Å²) in [5, 5.41) is 0.818. The van der Waals surface area contributed by atoms with E-state index in [1.54, 1.807) is 0 Å². The van der Waals surface area contributed by atoms with Gasteiger partial charge in [0.2, 0.25) is 0 Å². The van der Waals surface area contributed by atoms with Crippen LogP contribution in [0.3, 0.4) is 0 Å². The number of hydrogen-bond donors (Lipinski definition) is 1. The van der Waals surface area contributed by atoms with Gasteiger partial charge in [-0.15, -0.1) is 0 Å². The SMILES string of the molecule is CC1(C)C(N)CC1c1cccc(Cl)c1. The summed E-state index contributed by atoms with van der Waals surface area (Å²) in [5.74, 6) is 0.566. The zero-order chi connectivity index (χ0) is 10.3. The summed E-state index contributed by atoms with van der Waals surface area (Å²) in [6.45, 7) is 4.46. The molecule has 0 radical (unpaired) electrons. The van der Waals surface area contributed by atoms with Gasteiger partial charge in [0.25, 0.3) is 0 Å². The summed E-state index contributed by atoms with van der Waals surface area (Å²) >= 11 is 5.97. The van der Waals surface area contributed by atoms with Crippen molar-refractivity contribution in [3.05, 3.63) is 34.9 Å². The third-order valence-electron chi connectivity index (χ3n) is 3.59. The molecule has 2 rings (SSSR count). The molecular weight excluding hydrogens is 194 g/mol. The van der Waals surface area contributed by atoms with Crippen molar-refractivity contribution < 1.29 is 0 Å². The normalized spacial score (nSPS) is 29.7. The highest BCUT2D eigenvalue weighted by atomic mass is 35.5. The molecule has 0 aliphatic heterocycles. The molecule has 2 N–H and O–H groups in total. The molecule has 1 aromatic carbocycles. The zero-order valence-electron chi connectivity index (χ0n) is 8.63. The van der Waals surface area contributed by atoms with E-state index in [0.29, 0.717) is 12.0 Å². The molecule has 0 amide bonds. The first-order valence-corrected chi connectivity index (χ1v) is 5.40. The highest BCUT2D eigenvalue weighted by molar-refractivity contribution is 6.30. The summed E-state index contributed by atoms with van der Waals surface area (Å²) in [6, 6.07) is 8.45. The van der Waals surface area contributed by atoms with E-state index in [2.05, 4.69) is 26.0 Å². The van der Waals surface area contributed by atoms with Gasteiger partial charge in [-0.2, -0.15) is 0 Å². The lowest BCUT2D eigenvalue weighted by Gasteiger charge is -2.50. The molecule has 14 heavy (non-hydrogen) atoms. The second-order valence-corrected chi connectivity index (χ2v) is 5.21. The van der Waals surface area contributed by atoms with Gasteiger partial charge >= 0.3 is 0 Å². The van der Waals surface area contributed by atoms with Crippen LogP contribution in [0.25, 0.3) is 0 Å². The Morgan fingerprint density at radius 1 is 1.43 bits per heavy atom. The Bertz CT molecular complexity index is 346. The van der Waals surface area contributed by atoms with E-state index < -0.39 is 0 Å². The van der Waals surface area contributed by atoms with Crippen LogP contribution in [0.5, 0.6) is 0 Å². The predicted molar refractivity (Wildman–Crippen MR) is 60.6 cm³/mol. The van der Waals surface area contributed by atoms with Gasteiger partial charge in [-0.25, -0.2) is 0 Å². The minimum Gasteiger partial charge on any atom is -0.327 e. The Hall–Kier alpha value is -0.530. The van der Waals surface area contributed by atoms with Crippen molar-refractivity contribution in [3.8, 4) is 0 Å². The standard InChI is InChI=1S/C12H16ClN/c1-12(2)10(7-11(12)14)8-4-3-5-9(13)6-8/h3-6,10-11H,7,14H2,1-2H3. The first-order valence-electron chi connectivity index (χ1n) is 5.03. The monoisotopic (exact) mass is 209 g/mol. The highest BCUT2D eigenvalue weighted by Crippen LogP contribution is 2.51. The third kappa shape index (κ3) is 1.45. The minimum absolute atomic E-state index is 0.213. The summed E-state index contributed by atoms with van der Waals surface area (Å²) in [4.78, 5) is 0. The van der Waals surface area contributed by atoms with Crippen LogP contribution >= 0.6 is 11.6 Å². The number of nitrogens with two attached hydrogens (primary N) is 1. The second kappa shape index (κ2) is 3.25. The molecule has 1 saturated carbocycles. The van der Waals surface area contributed by atoms with Crippen molar-refractivity contribution in [1.29, 1.82) is 0 Å². The van der Waals surface area contributed by atoms with Crippen LogP contribution in [0.15, 0.2) is 24.3 Å². The molecular formula is C12H16ClN. The maximum Gasteiger partial charge on any atom is 0.0408 e. The van der Waals surface area contributed by atoms with Crippen molar-refractivity contribution in [1.82, 2.24) is 0 Å². The summed E-state index contributed by atoms with van der Waals surface area (Å²) < 4.78 is 0. The fourth-order valence-corrected chi connectivity index (χ4v) is 2.45. The number of halogens is 1. The van der Waals surface area contributed by atoms with Crippen LogP contribution in [0.2, 0.25) is 5.02 Å². The Balaban J connectivity index is 2.26. The lowest BCUT2D eigenvalue weighted by atomic mass is 9.57. The van der Waals surface area contributed by atoms with Crippen molar-refractivity contribution in [3.63, 3.8) is 0 Å². The van der Waals surface area contributed by atoms with Gasteiger partial charge in [-0.3, -0.25) is 0 Å². The lowest BCUT2D eigenvalue weighted by molar-refractivity contribution is 0.0984. The van der Waals surface area contributed by atoms with Gasteiger partial charge in [0.05, 0.1) is 0 Å². The van der Waals surface area contributed by atoms with E-state index in [1.807, 2.05) is 12.1 Å². The first-order chi connectivity index (χ1) is 6.51. The Kier molecular flexibility index (Phi) is 2.32. The molecule has 2 unspecified atom stereocenters. The molecule has 0 saturated heterocycles. The van der Waals surface area contributed by atoms with Gasteiger partial charge in [-0.05, 0) is 35.4 Å². The van der Waals surface area contributed by atoms with E-state index in [4.69, 9.17) is 17.3 Å². The van der Waals surface area contributed by atoms with E-state index >= 15 is 0 Å². The molecule has 2 atom stereocenters. The molecule has 0 heterocycles. The quantitative estimate of drug-likeness (QED) is 0.756. The van der Waals surface area contributed by atoms with E-state index in [9.17, 15) is 0 Å². The highest BCUT2D eigenvalue weighted by Gasteiger charge is 2.46. The first kappa shape index (κ1) is 10.0. The van der Waals surface area contributed by atoms with Gasteiger partial charge in [0, 0.05) is 11.1 Å². The molecule has 76 valence electrons. The second-order valence-electron chi connectivity index (χ2n) is 4.77. The minimum atomic E-state index is 0.213. The Morgan fingerprint density at radius 3 is 2.64 bits per heavy atom. The molecule has 0 bridgehead atoms. The predicted octanol–water partition coefficient (Wildman–Crippen LogP) is 3.18. The van der Waals surface area contributed by atoms with Crippen LogP contribution in [-0.4, -0.2) is 6.04 Å². The Labute approximate surface area is 90.3 Å². The molecule has 0 spiro atoms. The van der Waals surface area contributed by atoms with Crippen LogP contribution in [-0.2, 0) is 0 Å². The fourth-order valence-electron chi connectivity index (χ4n) is 2.25. The Morgan fingerprint density at radius 2 is 2.14 bits per heavy atom. The van der Waals surface area contributed by atoms with Crippen LogP contribution < -0.4 is 5.73 Å². The van der Waals surface area contributed by atoms with E-state index in [0.717, 1.165) is 11.4 Å². The number of hydrogen-bond acceptors (Lipinski definition) is 1. The smallest absolute Gasteiger partial charge is 0.0408 e. The maximum absolute atomic E-state index is 5.99. The van der Waals surface area contributed by atoms with Gasteiger partial charge in [0.15, 0.2) is 0 Å². The summed E-state index contributed by atoms with van der Waals surface area (Å²) in [7, 11) is 0. The van der Waals surface area contributed by atoms with Gasteiger partial charge < -0.3 is 5.73 Å². The van der Waals surface area contributed by atoms with Gasteiger partial charge in [0.1, 0.15) is 0 Å². The summed E-state index contributed by atoms with van der Waals surface area (Å²) in [5.41, 5.74) is 7.53. The van der Waals surface area contributed by atoms with Crippen LogP contribution in [0.1, 0.15) is 31.7 Å². The van der Waals surface area contributed by atoms with Crippen molar-refractivity contribution >= 4 is 11.6 Å². The molecule has 2 heteroatoms. The number of rotatable bonds is 1. The number of benzene rings is 1.